The van der Waals surface area contributed by atoms with Gasteiger partial charge in [-0.25, -0.2) is 9.48 Å². The molecule has 2 aromatic carbocycles. The lowest BCUT2D eigenvalue weighted by Gasteiger charge is -2.36. The molecule has 35 heavy (non-hydrogen) atoms. The van der Waals surface area contributed by atoms with Crippen molar-refractivity contribution in [2.45, 2.75) is 36.7 Å². The molecule has 0 radical (unpaired) electrons. The highest BCUT2D eigenvalue weighted by molar-refractivity contribution is 7.99. The normalized spacial score (nSPS) is 19.8. The molecule has 3 atom stereocenters. The fourth-order valence-corrected chi connectivity index (χ4v) is 4.45. The first-order chi connectivity index (χ1) is 17.1. The number of nitrogens with one attached hydrogen (secondary N) is 1. The molecule has 4 rings (SSSR count). The second-order valence-corrected chi connectivity index (χ2v) is 8.87. The predicted molar refractivity (Wildman–Crippen MR) is 130 cm³/mol. The summed E-state index contributed by atoms with van der Waals surface area (Å²) in [5, 5.41) is 24.4. The van der Waals surface area contributed by atoms with E-state index < -0.39 is 12.4 Å². The van der Waals surface area contributed by atoms with E-state index in [4.69, 9.17) is 14.2 Å². The maximum Gasteiger partial charge on any atom is 0.411 e. The Morgan fingerprint density at radius 1 is 1.29 bits per heavy atom. The van der Waals surface area contributed by atoms with Crippen LogP contribution < -0.4 is 5.32 Å². The first-order valence-electron chi connectivity index (χ1n) is 11.1. The van der Waals surface area contributed by atoms with Gasteiger partial charge in [-0.1, -0.05) is 60.8 Å². The largest absolute Gasteiger partial charge is 0.445 e. The molecule has 1 aromatic heterocycles. The first-order valence-corrected chi connectivity index (χ1v) is 12.0. The zero-order valence-corrected chi connectivity index (χ0v) is 20.1. The highest BCUT2D eigenvalue weighted by Crippen LogP contribution is 2.39. The van der Waals surface area contributed by atoms with Crippen LogP contribution in [-0.4, -0.2) is 49.9 Å². The lowest BCUT2D eigenvalue weighted by Crippen LogP contribution is -2.31. The molecule has 3 aromatic rings. The number of nitrogens with zero attached hydrogens (tertiary/aromatic N) is 4. The van der Waals surface area contributed by atoms with Gasteiger partial charge < -0.3 is 19.3 Å². The van der Waals surface area contributed by atoms with Gasteiger partial charge in [0.05, 0.1) is 18.8 Å². The van der Waals surface area contributed by atoms with Gasteiger partial charge in [0.15, 0.2) is 6.29 Å². The lowest BCUT2D eigenvalue weighted by molar-refractivity contribution is -0.245. The summed E-state index contributed by atoms with van der Waals surface area (Å²) < 4.78 is 19.3. The molecule has 2 N–H and O–H groups in total. The molecule has 0 saturated carbocycles. The molecule has 1 saturated heterocycles. The Morgan fingerprint density at radius 3 is 2.83 bits per heavy atom. The minimum Gasteiger partial charge on any atom is -0.445 e. The van der Waals surface area contributed by atoms with Crippen LogP contribution in [0, 0.1) is 0 Å². The summed E-state index contributed by atoms with van der Waals surface area (Å²) >= 11 is 1.51. The molecule has 0 bridgehead atoms. The number of thioether (sulfide) groups is 1. The molecule has 184 valence electrons. The average molecular weight is 498 g/mol. The van der Waals surface area contributed by atoms with Crippen LogP contribution in [0.15, 0.2) is 66.3 Å². The predicted octanol–water partition coefficient (Wildman–Crippen LogP) is 3.77. The third-order valence-electron chi connectivity index (χ3n) is 5.33. The summed E-state index contributed by atoms with van der Waals surface area (Å²) in [4.78, 5) is 11.9. The number of aromatic nitrogens is 4. The molecular weight excluding hydrogens is 470 g/mol. The van der Waals surface area contributed by atoms with Crippen molar-refractivity contribution in [1.29, 1.82) is 0 Å². The highest BCUT2D eigenvalue weighted by Gasteiger charge is 2.32. The number of rotatable bonds is 9. The van der Waals surface area contributed by atoms with Crippen molar-refractivity contribution in [3.05, 3.63) is 77.9 Å². The molecular formula is C24H27N5O5S. The van der Waals surface area contributed by atoms with Gasteiger partial charge in [0.25, 0.3) is 0 Å². The van der Waals surface area contributed by atoms with Gasteiger partial charge in [0, 0.05) is 30.5 Å². The number of ether oxygens (including phenoxy) is 3. The fraction of sp³-hybridized carbons (Fsp3) is 0.333. The van der Waals surface area contributed by atoms with Crippen LogP contribution in [0.25, 0.3) is 0 Å². The van der Waals surface area contributed by atoms with Gasteiger partial charge in [-0.3, -0.25) is 5.32 Å². The number of aryl methyl sites for hydroxylation is 1. The van der Waals surface area contributed by atoms with Gasteiger partial charge in [0.1, 0.15) is 6.61 Å². The van der Waals surface area contributed by atoms with E-state index in [2.05, 4.69) is 27.4 Å². The van der Waals surface area contributed by atoms with Crippen LogP contribution in [0.1, 0.15) is 35.5 Å². The SMILES string of the molecule is C=CCOC(=O)Nc1cccc(C2OC(CSc3nnnn3C)CC(c3ccc(CO)cc3)O2)c1. The van der Waals surface area contributed by atoms with E-state index in [1.54, 1.807) is 23.9 Å². The van der Waals surface area contributed by atoms with Gasteiger partial charge in [-0.15, -0.1) is 5.10 Å². The Bertz CT molecular complexity index is 1140. The number of aliphatic hydroxyl groups excluding tert-OH is 1. The molecule has 0 spiro atoms. The van der Waals surface area contributed by atoms with Crippen LogP contribution >= 0.6 is 11.8 Å². The summed E-state index contributed by atoms with van der Waals surface area (Å²) in [6.45, 7) is 3.64. The number of carbonyl (C=O) groups excluding carboxylic acids is 1. The molecule has 11 heteroatoms. The number of hydrogen-bond donors (Lipinski definition) is 2. The topological polar surface area (TPSA) is 121 Å². The van der Waals surface area contributed by atoms with Crippen molar-refractivity contribution in [3.63, 3.8) is 0 Å². The molecule has 3 unspecified atom stereocenters. The molecule has 0 aliphatic carbocycles. The van der Waals surface area contributed by atoms with Crippen molar-refractivity contribution in [1.82, 2.24) is 20.2 Å². The smallest absolute Gasteiger partial charge is 0.411 e. The lowest BCUT2D eigenvalue weighted by atomic mass is 10.0. The zero-order chi connectivity index (χ0) is 24.6. The Morgan fingerprint density at radius 2 is 2.11 bits per heavy atom. The molecule has 1 aliphatic rings. The third-order valence-corrected chi connectivity index (χ3v) is 6.47. The Balaban J connectivity index is 1.52. The number of hydrogen-bond acceptors (Lipinski definition) is 9. The van der Waals surface area contributed by atoms with E-state index in [1.807, 2.05) is 36.4 Å². The van der Waals surface area contributed by atoms with Crippen LogP contribution in [0.5, 0.6) is 0 Å². The summed E-state index contributed by atoms with van der Waals surface area (Å²) in [5.74, 6) is 0.630. The Labute approximate surface area is 207 Å². The zero-order valence-electron chi connectivity index (χ0n) is 19.2. The van der Waals surface area contributed by atoms with Crippen LogP contribution in [-0.2, 0) is 27.9 Å². The molecule has 1 amide bonds. The molecule has 1 aliphatic heterocycles. The van der Waals surface area contributed by atoms with Crippen molar-refractivity contribution >= 4 is 23.5 Å². The highest BCUT2D eigenvalue weighted by atomic mass is 32.2. The quantitative estimate of drug-likeness (QED) is 0.336. The van der Waals surface area contributed by atoms with Crippen LogP contribution in [0.4, 0.5) is 10.5 Å². The minimum atomic E-state index is -0.652. The maximum absolute atomic E-state index is 11.9. The van der Waals surface area contributed by atoms with E-state index in [0.717, 1.165) is 16.7 Å². The number of amides is 1. The number of carbonyl (C=O) groups is 1. The first kappa shape index (κ1) is 24.9. The van der Waals surface area contributed by atoms with E-state index in [-0.39, 0.29) is 25.4 Å². The summed E-state index contributed by atoms with van der Waals surface area (Å²) in [5.41, 5.74) is 3.15. The minimum absolute atomic E-state index is 0.0163. The number of aliphatic hydroxyl groups is 1. The second-order valence-electron chi connectivity index (χ2n) is 7.88. The Kier molecular flexibility index (Phi) is 8.48. The summed E-state index contributed by atoms with van der Waals surface area (Å²) in [6.07, 6.45) is 0.550. The summed E-state index contributed by atoms with van der Waals surface area (Å²) in [7, 11) is 1.79. The summed E-state index contributed by atoms with van der Waals surface area (Å²) in [6, 6.07) is 15.0. The third kappa shape index (κ3) is 6.67. The standard InChI is InChI=1S/C24H27N5O5S/c1-3-11-32-24(31)25-19-6-4-5-18(12-19)22-33-20(15-35-23-26-27-28-29(23)2)13-21(34-22)17-9-7-16(14-30)8-10-17/h3-10,12,20-22,30H,1,11,13-15H2,2H3,(H,25,31). The monoisotopic (exact) mass is 497 g/mol. The van der Waals surface area contributed by atoms with E-state index in [1.165, 1.54) is 17.8 Å². The van der Waals surface area contributed by atoms with Gasteiger partial charge in [-0.2, -0.15) is 0 Å². The van der Waals surface area contributed by atoms with E-state index in [0.29, 0.717) is 23.0 Å². The van der Waals surface area contributed by atoms with Gasteiger partial charge in [-0.05, 0) is 33.7 Å². The second kappa shape index (κ2) is 11.9. The van der Waals surface area contributed by atoms with Crippen LogP contribution in [0.2, 0.25) is 0 Å². The van der Waals surface area contributed by atoms with Crippen molar-refractivity contribution < 1.29 is 24.1 Å². The van der Waals surface area contributed by atoms with E-state index >= 15 is 0 Å². The Hall–Kier alpha value is -3.25. The number of benzene rings is 2. The molecule has 1 fully saturated rings. The van der Waals surface area contributed by atoms with Crippen LogP contribution in [0.3, 0.4) is 0 Å². The van der Waals surface area contributed by atoms with Crippen molar-refractivity contribution in [2.24, 2.45) is 7.05 Å². The van der Waals surface area contributed by atoms with Gasteiger partial charge in [0.2, 0.25) is 5.16 Å². The maximum atomic E-state index is 11.9. The van der Waals surface area contributed by atoms with Gasteiger partial charge >= 0.3 is 6.09 Å². The van der Waals surface area contributed by atoms with Crippen molar-refractivity contribution in [3.8, 4) is 0 Å². The average Bonchev–Trinajstić information content (AvgIpc) is 3.30. The number of anilines is 1. The van der Waals surface area contributed by atoms with E-state index in [9.17, 15) is 9.90 Å². The van der Waals surface area contributed by atoms with Crippen molar-refractivity contribution in [2.75, 3.05) is 17.7 Å². The number of tetrazole rings is 1. The molecule has 2 heterocycles. The molecule has 10 nitrogen and oxygen atoms in total. The fourth-order valence-electron chi connectivity index (χ4n) is 3.59.